The average Bonchev–Trinajstić information content (AvgIpc) is 2.63. The zero-order chi connectivity index (χ0) is 18.2. The second kappa shape index (κ2) is 8.73. The van der Waals surface area contributed by atoms with Gasteiger partial charge in [0.05, 0.1) is 19.3 Å². The molecule has 0 unspecified atom stereocenters. The summed E-state index contributed by atoms with van der Waals surface area (Å²) >= 11 is 0. The van der Waals surface area contributed by atoms with E-state index in [1.807, 2.05) is 6.07 Å². The number of carbonyl (C=O) groups excluding carboxylic acids is 2. The molecule has 0 aliphatic heterocycles. The van der Waals surface area contributed by atoms with Gasteiger partial charge in [-0.2, -0.15) is 0 Å². The van der Waals surface area contributed by atoms with Gasteiger partial charge in [0.1, 0.15) is 0 Å². The first-order valence-corrected chi connectivity index (χ1v) is 7.93. The first kappa shape index (κ1) is 18.3. The van der Waals surface area contributed by atoms with Crippen LogP contribution in [0.15, 0.2) is 48.5 Å². The van der Waals surface area contributed by atoms with Crippen LogP contribution in [0.4, 0.5) is 5.69 Å². The Hall–Kier alpha value is -3.02. The third-order valence-corrected chi connectivity index (χ3v) is 3.41. The number of hydrogen-bond acceptors (Lipinski definition) is 5. The number of benzene rings is 2. The van der Waals surface area contributed by atoms with E-state index >= 15 is 0 Å². The summed E-state index contributed by atoms with van der Waals surface area (Å²) in [6, 6.07) is 13.6. The van der Waals surface area contributed by atoms with Crippen LogP contribution in [-0.2, 0) is 9.53 Å². The van der Waals surface area contributed by atoms with Gasteiger partial charge in [-0.3, -0.25) is 4.79 Å². The molecule has 1 amide bonds. The lowest BCUT2D eigenvalue weighted by Crippen LogP contribution is -2.30. The highest BCUT2D eigenvalue weighted by atomic mass is 16.5. The molecular weight excluding hydrogens is 322 g/mol. The molecule has 0 fully saturated rings. The molecule has 25 heavy (non-hydrogen) atoms. The lowest BCUT2D eigenvalue weighted by Gasteiger charge is -2.16. The van der Waals surface area contributed by atoms with Crippen molar-refractivity contribution in [1.29, 1.82) is 0 Å². The fourth-order valence-electron chi connectivity index (χ4n) is 2.11. The Morgan fingerprint density at radius 1 is 1.04 bits per heavy atom. The third kappa shape index (κ3) is 4.97. The molecule has 0 aliphatic carbocycles. The third-order valence-electron chi connectivity index (χ3n) is 3.41. The number of esters is 1. The molecule has 0 spiro atoms. The Morgan fingerprint density at radius 2 is 1.68 bits per heavy atom. The number of anilines is 1. The summed E-state index contributed by atoms with van der Waals surface area (Å²) in [6.07, 6.45) is -0.721. The number of rotatable bonds is 7. The molecule has 0 aromatic heterocycles. The second-order valence-corrected chi connectivity index (χ2v) is 5.20. The fourth-order valence-corrected chi connectivity index (χ4v) is 2.11. The van der Waals surface area contributed by atoms with E-state index in [2.05, 4.69) is 5.32 Å². The summed E-state index contributed by atoms with van der Waals surface area (Å²) in [5.41, 5.74) is 0.992. The van der Waals surface area contributed by atoms with Gasteiger partial charge in [-0.25, -0.2) is 4.79 Å². The Balaban J connectivity index is 1.98. The van der Waals surface area contributed by atoms with Crippen LogP contribution in [0.1, 0.15) is 24.2 Å². The molecule has 0 saturated carbocycles. The summed E-state index contributed by atoms with van der Waals surface area (Å²) in [7, 11) is 1.54. The van der Waals surface area contributed by atoms with Crippen LogP contribution >= 0.6 is 0 Å². The minimum Gasteiger partial charge on any atom is -0.493 e. The smallest absolute Gasteiger partial charge is 0.338 e. The van der Waals surface area contributed by atoms with Crippen LogP contribution < -0.4 is 14.8 Å². The molecule has 1 atom stereocenters. The van der Waals surface area contributed by atoms with E-state index in [-0.39, 0.29) is 5.91 Å². The van der Waals surface area contributed by atoms with Gasteiger partial charge in [0.25, 0.3) is 5.91 Å². The molecule has 0 heterocycles. The Kier molecular flexibility index (Phi) is 6.39. The van der Waals surface area contributed by atoms with Crippen LogP contribution in [0.25, 0.3) is 0 Å². The van der Waals surface area contributed by atoms with Crippen molar-refractivity contribution in [3.05, 3.63) is 54.1 Å². The van der Waals surface area contributed by atoms with Gasteiger partial charge in [-0.1, -0.05) is 12.1 Å². The maximum absolute atomic E-state index is 12.3. The van der Waals surface area contributed by atoms with Gasteiger partial charge in [0.2, 0.25) is 0 Å². The molecule has 1 N–H and O–H groups in total. The normalized spacial score (nSPS) is 11.3. The standard InChI is InChI=1S/C19H21NO5/c1-4-24-19(22)14-9-11-15(12-10-14)20-18(21)13(2)25-17-8-6-5-7-16(17)23-3/h5-13H,4H2,1-3H3,(H,20,21)/t13-/m1/s1. The van der Waals surface area contributed by atoms with Crippen LogP contribution in [0.2, 0.25) is 0 Å². The number of nitrogens with one attached hydrogen (secondary N) is 1. The van der Waals surface area contributed by atoms with E-state index in [0.717, 1.165) is 0 Å². The van der Waals surface area contributed by atoms with Crippen molar-refractivity contribution in [2.45, 2.75) is 20.0 Å². The minimum atomic E-state index is -0.721. The topological polar surface area (TPSA) is 73.9 Å². The Morgan fingerprint density at radius 3 is 2.28 bits per heavy atom. The van der Waals surface area contributed by atoms with Crippen molar-refractivity contribution >= 4 is 17.6 Å². The molecule has 2 aromatic carbocycles. The molecule has 0 radical (unpaired) electrons. The van der Waals surface area contributed by atoms with E-state index in [1.54, 1.807) is 56.3 Å². The van der Waals surface area contributed by atoms with Gasteiger partial charge in [-0.05, 0) is 50.2 Å². The number of amides is 1. The first-order chi connectivity index (χ1) is 12.0. The maximum Gasteiger partial charge on any atom is 0.338 e. The summed E-state index contributed by atoms with van der Waals surface area (Å²) < 4.78 is 15.8. The molecule has 132 valence electrons. The molecule has 0 aliphatic rings. The largest absolute Gasteiger partial charge is 0.493 e. The van der Waals surface area contributed by atoms with Crippen molar-refractivity contribution in [3.63, 3.8) is 0 Å². The summed E-state index contributed by atoms with van der Waals surface area (Å²) in [6.45, 7) is 3.71. The molecule has 6 heteroatoms. The highest BCUT2D eigenvalue weighted by molar-refractivity contribution is 5.95. The number of ether oxygens (including phenoxy) is 3. The van der Waals surface area contributed by atoms with Crippen molar-refractivity contribution in [3.8, 4) is 11.5 Å². The van der Waals surface area contributed by atoms with E-state index in [0.29, 0.717) is 29.4 Å². The van der Waals surface area contributed by atoms with Crippen molar-refractivity contribution in [1.82, 2.24) is 0 Å². The summed E-state index contributed by atoms with van der Waals surface area (Å²) in [5, 5.41) is 2.74. The predicted octanol–water partition coefficient (Wildman–Crippen LogP) is 3.28. The van der Waals surface area contributed by atoms with Gasteiger partial charge in [-0.15, -0.1) is 0 Å². The lowest BCUT2D eigenvalue weighted by atomic mass is 10.2. The maximum atomic E-state index is 12.3. The summed E-state index contributed by atoms with van der Waals surface area (Å²) in [4.78, 5) is 23.9. The quantitative estimate of drug-likeness (QED) is 0.781. The lowest BCUT2D eigenvalue weighted by molar-refractivity contribution is -0.122. The number of methoxy groups -OCH3 is 1. The fraction of sp³-hybridized carbons (Fsp3) is 0.263. The van der Waals surface area contributed by atoms with Gasteiger partial charge in [0.15, 0.2) is 17.6 Å². The van der Waals surface area contributed by atoms with Crippen LogP contribution in [0.3, 0.4) is 0 Å². The van der Waals surface area contributed by atoms with Crippen LogP contribution in [0, 0.1) is 0 Å². The van der Waals surface area contributed by atoms with E-state index in [9.17, 15) is 9.59 Å². The van der Waals surface area contributed by atoms with Gasteiger partial charge in [0, 0.05) is 5.69 Å². The summed E-state index contributed by atoms with van der Waals surface area (Å²) in [5.74, 6) is 0.342. The average molecular weight is 343 g/mol. The highest BCUT2D eigenvalue weighted by Gasteiger charge is 2.17. The zero-order valence-corrected chi connectivity index (χ0v) is 14.4. The SMILES string of the molecule is CCOC(=O)c1ccc(NC(=O)[C@@H](C)Oc2ccccc2OC)cc1. The monoisotopic (exact) mass is 343 g/mol. The number of para-hydroxylation sites is 2. The van der Waals surface area contributed by atoms with Crippen LogP contribution in [0.5, 0.6) is 11.5 Å². The van der Waals surface area contributed by atoms with E-state index in [1.165, 1.54) is 7.11 Å². The minimum absolute atomic E-state index is 0.310. The molecule has 0 bridgehead atoms. The second-order valence-electron chi connectivity index (χ2n) is 5.20. The Bertz CT molecular complexity index is 727. The van der Waals surface area contributed by atoms with Gasteiger partial charge < -0.3 is 19.5 Å². The van der Waals surface area contributed by atoms with E-state index < -0.39 is 12.1 Å². The zero-order valence-electron chi connectivity index (χ0n) is 14.4. The molecule has 2 rings (SSSR count). The molecular formula is C19H21NO5. The Labute approximate surface area is 146 Å². The van der Waals surface area contributed by atoms with Crippen molar-refractivity contribution in [2.24, 2.45) is 0 Å². The molecule has 0 saturated heterocycles. The number of hydrogen-bond donors (Lipinski definition) is 1. The van der Waals surface area contributed by atoms with Crippen LogP contribution in [-0.4, -0.2) is 31.7 Å². The number of carbonyl (C=O) groups is 2. The van der Waals surface area contributed by atoms with Crippen molar-refractivity contribution in [2.75, 3.05) is 19.0 Å². The molecule has 2 aromatic rings. The van der Waals surface area contributed by atoms with Crippen molar-refractivity contribution < 1.29 is 23.8 Å². The first-order valence-electron chi connectivity index (χ1n) is 7.93. The van der Waals surface area contributed by atoms with E-state index in [4.69, 9.17) is 14.2 Å². The highest BCUT2D eigenvalue weighted by Crippen LogP contribution is 2.27. The predicted molar refractivity (Wildman–Crippen MR) is 94.1 cm³/mol. The van der Waals surface area contributed by atoms with Gasteiger partial charge >= 0.3 is 5.97 Å². The molecule has 6 nitrogen and oxygen atoms in total.